The number of thiophene rings is 1. The lowest BCUT2D eigenvalue weighted by Gasteiger charge is -2.18. The van der Waals surface area contributed by atoms with Crippen molar-refractivity contribution in [2.24, 2.45) is 5.92 Å². The molecule has 0 radical (unpaired) electrons. The maximum Gasteiger partial charge on any atom is 0.329 e. The van der Waals surface area contributed by atoms with E-state index in [0.29, 0.717) is 11.3 Å². The number of ether oxygens (including phenoxy) is 1. The van der Waals surface area contributed by atoms with E-state index in [4.69, 9.17) is 4.74 Å². The zero-order chi connectivity index (χ0) is 16.7. The Morgan fingerprint density at radius 3 is 2.87 bits per heavy atom. The van der Waals surface area contributed by atoms with E-state index in [1.807, 2.05) is 0 Å². The highest BCUT2D eigenvalue weighted by molar-refractivity contribution is 7.18. The molecule has 6 heteroatoms. The molecule has 23 heavy (non-hydrogen) atoms. The van der Waals surface area contributed by atoms with Crippen molar-refractivity contribution in [3.63, 3.8) is 0 Å². The molecule has 1 aliphatic rings. The Labute approximate surface area is 139 Å². The van der Waals surface area contributed by atoms with Gasteiger partial charge in [0.2, 0.25) is 0 Å². The molecule has 1 aliphatic carbocycles. The lowest BCUT2D eigenvalue weighted by Crippen LogP contribution is -2.31. The lowest BCUT2D eigenvalue weighted by atomic mass is 9.89. The summed E-state index contributed by atoms with van der Waals surface area (Å²) in [4.78, 5) is 31.5. The minimum Gasteiger partial charge on any atom is -0.461 e. The van der Waals surface area contributed by atoms with Gasteiger partial charge in [-0.1, -0.05) is 6.92 Å². The molecular formula is C17H22N2O3S. The zero-order valence-corrected chi connectivity index (χ0v) is 14.8. The Kier molecular flexibility index (Phi) is 4.27. The highest BCUT2D eigenvalue weighted by Gasteiger charge is 2.25. The van der Waals surface area contributed by atoms with E-state index in [1.54, 1.807) is 32.1 Å². The van der Waals surface area contributed by atoms with Gasteiger partial charge in [0.05, 0.1) is 17.8 Å². The summed E-state index contributed by atoms with van der Waals surface area (Å²) < 4.78 is 6.62. The van der Waals surface area contributed by atoms with Gasteiger partial charge in [-0.15, -0.1) is 11.3 Å². The van der Waals surface area contributed by atoms with Gasteiger partial charge >= 0.3 is 5.97 Å². The van der Waals surface area contributed by atoms with Crippen molar-refractivity contribution in [2.45, 2.75) is 59.1 Å². The number of hydrogen-bond donors (Lipinski definition) is 0. The molecule has 0 aliphatic heterocycles. The first-order chi connectivity index (χ1) is 10.9. The molecule has 2 heterocycles. The number of rotatable bonds is 3. The maximum atomic E-state index is 12.9. The van der Waals surface area contributed by atoms with E-state index < -0.39 is 12.0 Å². The Hall–Kier alpha value is -1.69. The van der Waals surface area contributed by atoms with Crippen LogP contribution < -0.4 is 5.56 Å². The Morgan fingerprint density at radius 2 is 2.17 bits per heavy atom. The van der Waals surface area contributed by atoms with Gasteiger partial charge in [-0.05, 0) is 51.5 Å². The van der Waals surface area contributed by atoms with Gasteiger partial charge in [-0.2, -0.15) is 0 Å². The molecule has 0 aromatic carbocycles. The third kappa shape index (κ3) is 2.92. The molecule has 0 saturated carbocycles. The molecule has 2 aromatic heterocycles. The fourth-order valence-corrected chi connectivity index (χ4v) is 4.41. The van der Waals surface area contributed by atoms with E-state index in [2.05, 4.69) is 11.9 Å². The van der Waals surface area contributed by atoms with E-state index in [1.165, 1.54) is 15.8 Å². The number of carbonyl (C=O) groups excluding carboxylic acids is 1. The maximum absolute atomic E-state index is 12.9. The molecule has 0 fully saturated rings. The highest BCUT2D eigenvalue weighted by Crippen LogP contribution is 2.35. The standard InChI is InChI=1S/C17H22N2O3S/c1-9(2)22-17(21)11(4)19-8-18-15-14(16(19)20)12-6-5-10(3)7-13(12)23-15/h8-11H,5-7H2,1-4H3. The zero-order valence-electron chi connectivity index (χ0n) is 14.0. The van der Waals surface area contributed by atoms with Crippen LogP contribution in [0.15, 0.2) is 11.1 Å². The first-order valence-electron chi connectivity index (χ1n) is 8.10. The van der Waals surface area contributed by atoms with Crippen molar-refractivity contribution in [2.75, 3.05) is 0 Å². The quantitative estimate of drug-likeness (QED) is 0.809. The van der Waals surface area contributed by atoms with Gasteiger partial charge in [0.1, 0.15) is 10.9 Å². The monoisotopic (exact) mass is 334 g/mol. The number of aryl methyl sites for hydroxylation is 1. The average Bonchev–Trinajstić information content (AvgIpc) is 2.84. The van der Waals surface area contributed by atoms with Crippen molar-refractivity contribution >= 4 is 27.5 Å². The molecule has 0 amide bonds. The topological polar surface area (TPSA) is 61.2 Å². The number of esters is 1. The fraction of sp³-hybridized carbons (Fsp3) is 0.588. The fourth-order valence-electron chi connectivity index (χ4n) is 3.06. The summed E-state index contributed by atoms with van der Waals surface area (Å²) in [5, 5.41) is 0.698. The van der Waals surface area contributed by atoms with Crippen LogP contribution in [-0.2, 0) is 22.4 Å². The normalized spacial score (nSPS) is 18.9. The summed E-state index contributed by atoms with van der Waals surface area (Å²) >= 11 is 1.62. The second kappa shape index (κ2) is 6.07. The second-order valence-corrected chi connectivity index (χ2v) is 7.73. The van der Waals surface area contributed by atoms with Crippen LogP contribution in [0, 0.1) is 5.92 Å². The Bertz CT molecular complexity index is 806. The van der Waals surface area contributed by atoms with Crippen LogP contribution in [0.25, 0.3) is 10.2 Å². The molecule has 2 aromatic rings. The number of aromatic nitrogens is 2. The predicted molar refractivity (Wildman–Crippen MR) is 91.0 cm³/mol. The first-order valence-corrected chi connectivity index (χ1v) is 8.92. The van der Waals surface area contributed by atoms with Crippen LogP contribution in [0.1, 0.15) is 50.6 Å². The molecule has 2 atom stereocenters. The van der Waals surface area contributed by atoms with Crippen molar-refractivity contribution < 1.29 is 9.53 Å². The van der Waals surface area contributed by atoms with Gasteiger partial charge in [0.15, 0.2) is 0 Å². The summed E-state index contributed by atoms with van der Waals surface area (Å²) in [5.41, 5.74) is 1.01. The van der Waals surface area contributed by atoms with Gasteiger partial charge in [-0.3, -0.25) is 9.36 Å². The third-order valence-corrected chi connectivity index (χ3v) is 5.51. The minimum atomic E-state index is -0.667. The third-order valence-electron chi connectivity index (χ3n) is 4.35. The molecule has 2 unspecified atom stereocenters. The molecule has 3 rings (SSSR count). The SMILES string of the molecule is CC1CCc2c(sc3ncn(C(C)C(=O)OC(C)C)c(=O)c23)C1. The molecule has 0 saturated heterocycles. The first kappa shape index (κ1) is 16.2. The van der Waals surface area contributed by atoms with Crippen molar-refractivity contribution in [3.8, 4) is 0 Å². The van der Waals surface area contributed by atoms with Gasteiger partial charge in [-0.25, -0.2) is 9.78 Å². The summed E-state index contributed by atoms with van der Waals surface area (Å²) in [7, 11) is 0. The summed E-state index contributed by atoms with van der Waals surface area (Å²) in [5.74, 6) is 0.249. The van der Waals surface area contributed by atoms with Crippen molar-refractivity contribution in [1.29, 1.82) is 0 Å². The average molecular weight is 334 g/mol. The smallest absolute Gasteiger partial charge is 0.329 e. The number of carbonyl (C=O) groups is 1. The Balaban J connectivity index is 2.05. The number of hydrogen-bond acceptors (Lipinski definition) is 5. The van der Waals surface area contributed by atoms with E-state index in [-0.39, 0.29) is 11.7 Å². The van der Waals surface area contributed by atoms with Crippen LogP contribution in [0.4, 0.5) is 0 Å². The van der Waals surface area contributed by atoms with Crippen LogP contribution in [-0.4, -0.2) is 21.6 Å². The molecule has 0 N–H and O–H groups in total. The summed E-state index contributed by atoms with van der Waals surface area (Å²) in [6, 6.07) is -0.667. The van der Waals surface area contributed by atoms with Crippen LogP contribution >= 0.6 is 11.3 Å². The molecular weight excluding hydrogens is 312 g/mol. The predicted octanol–water partition coefficient (Wildman–Crippen LogP) is 3.10. The largest absolute Gasteiger partial charge is 0.461 e. The van der Waals surface area contributed by atoms with Gasteiger partial charge < -0.3 is 4.74 Å². The van der Waals surface area contributed by atoms with Crippen molar-refractivity contribution in [3.05, 3.63) is 27.1 Å². The highest BCUT2D eigenvalue weighted by atomic mass is 32.1. The van der Waals surface area contributed by atoms with Crippen LogP contribution in [0.5, 0.6) is 0 Å². The van der Waals surface area contributed by atoms with Gasteiger partial charge in [0.25, 0.3) is 5.56 Å². The molecule has 0 bridgehead atoms. The minimum absolute atomic E-state index is 0.129. The van der Waals surface area contributed by atoms with E-state index in [0.717, 1.165) is 29.7 Å². The summed E-state index contributed by atoms with van der Waals surface area (Å²) in [6.45, 7) is 7.51. The molecule has 0 spiro atoms. The lowest BCUT2D eigenvalue weighted by molar-refractivity contribution is -0.151. The molecule has 5 nitrogen and oxygen atoms in total. The van der Waals surface area contributed by atoms with Crippen LogP contribution in [0.3, 0.4) is 0 Å². The number of nitrogens with zero attached hydrogens (tertiary/aromatic N) is 2. The van der Waals surface area contributed by atoms with Crippen LogP contribution in [0.2, 0.25) is 0 Å². The number of fused-ring (bicyclic) bond motifs is 3. The van der Waals surface area contributed by atoms with E-state index in [9.17, 15) is 9.59 Å². The second-order valence-electron chi connectivity index (χ2n) is 6.65. The Morgan fingerprint density at radius 1 is 1.43 bits per heavy atom. The van der Waals surface area contributed by atoms with Crippen molar-refractivity contribution in [1.82, 2.24) is 9.55 Å². The summed E-state index contributed by atoms with van der Waals surface area (Å²) in [6.07, 6.45) is 4.30. The van der Waals surface area contributed by atoms with E-state index >= 15 is 0 Å². The molecule has 124 valence electrons. The van der Waals surface area contributed by atoms with Gasteiger partial charge in [0, 0.05) is 4.88 Å².